The molecule has 0 saturated carbocycles. The SMILES string of the molecule is COC(=O)N1C[C@H]2CN(c3ccc(N4CC(CNC(C)=O)OC4=O)cc3F)[C@H]2C1. The van der Waals surface area contributed by atoms with Crippen molar-refractivity contribution in [1.29, 1.82) is 0 Å². The highest BCUT2D eigenvalue weighted by molar-refractivity contribution is 5.90. The van der Waals surface area contributed by atoms with Gasteiger partial charge in [0.05, 0.1) is 37.6 Å². The van der Waals surface area contributed by atoms with Crippen molar-refractivity contribution in [2.45, 2.75) is 19.1 Å². The Morgan fingerprint density at radius 3 is 2.76 bits per heavy atom. The number of methoxy groups -OCH3 is 1. The van der Waals surface area contributed by atoms with Crippen LogP contribution in [0.1, 0.15) is 6.92 Å². The standard InChI is InChI=1S/C19H23FN4O5/c1-11(25)21-6-14-9-23(19(27)29-14)13-3-4-16(15(20)5-13)24-8-12-7-22(10-17(12)24)18(26)28-2/h3-5,12,14,17H,6-10H2,1-2H3,(H,21,25)/t12-,14?,17-/m0/s1. The van der Waals surface area contributed by atoms with Gasteiger partial charge in [0.15, 0.2) is 0 Å². The summed E-state index contributed by atoms with van der Waals surface area (Å²) in [6, 6.07) is 4.71. The topological polar surface area (TPSA) is 91.4 Å². The lowest BCUT2D eigenvalue weighted by molar-refractivity contribution is -0.119. The zero-order valence-corrected chi connectivity index (χ0v) is 16.3. The van der Waals surface area contributed by atoms with Crippen molar-refractivity contribution in [2.75, 3.05) is 49.6 Å². The van der Waals surface area contributed by atoms with Crippen molar-refractivity contribution in [3.63, 3.8) is 0 Å². The van der Waals surface area contributed by atoms with E-state index in [1.165, 1.54) is 25.0 Å². The summed E-state index contributed by atoms with van der Waals surface area (Å²) >= 11 is 0. The van der Waals surface area contributed by atoms with Crippen molar-refractivity contribution in [3.05, 3.63) is 24.0 Å². The molecule has 29 heavy (non-hydrogen) atoms. The number of cyclic esters (lactones) is 1. The summed E-state index contributed by atoms with van der Waals surface area (Å²) in [4.78, 5) is 39.8. The average Bonchev–Trinajstić information content (AvgIpc) is 3.21. The molecule has 0 spiro atoms. The molecule has 0 bridgehead atoms. The van der Waals surface area contributed by atoms with E-state index < -0.39 is 18.0 Å². The van der Waals surface area contributed by atoms with Gasteiger partial charge in [0.25, 0.3) is 0 Å². The van der Waals surface area contributed by atoms with Crippen LogP contribution < -0.4 is 15.1 Å². The van der Waals surface area contributed by atoms with Gasteiger partial charge in [-0.2, -0.15) is 0 Å². The molecule has 3 aliphatic rings. The Morgan fingerprint density at radius 2 is 2.07 bits per heavy atom. The molecule has 3 saturated heterocycles. The number of rotatable bonds is 4. The van der Waals surface area contributed by atoms with Crippen molar-refractivity contribution in [3.8, 4) is 0 Å². The molecule has 3 atom stereocenters. The van der Waals surface area contributed by atoms with Gasteiger partial charge in [-0.25, -0.2) is 14.0 Å². The maximum atomic E-state index is 14.8. The number of amides is 3. The molecule has 3 heterocycles. The molecule has 9 nitrogen and oxygen atoms in total. The Hall–Kier alpha value is -3.04. The average molecular weight is 406 g/mol. The van der Waals surface area contributed by atoms with E-state index in [4.69, 9.17) is 9.47 Å². The number of fused-ring (bicyclic) bond motifs is 1. The van der Waals surface area contributed by atoms with Gasteiger partial charge in [0.1, 0.15) is 11.9 Å². The van der Waals surface area contributed by atoms with Crippen LogP contribution in [0, 0.1) is 11.7 Å². The van der Waals surface area contributed by atoms with Crippen LogP contribution in [0.4, 0.5) is 25.4 Å². The minimum Gasteiger partial charge on any atom is -0.453 e. The predicted molar refractivity (Wildman–Crippen MR) is 101 cm³/mol. The third-order valence-electron chi connectivity index (χ3n) is 5.68. The maximum Gasteiger partial charge on any atom is 0.414 e. The highest BCUT2D eigenvalue weighted by Gasteiger charge is 2.48. The maximum absolute atomic E-state index is 14.8. The number of likely N-dealkylation sites (tertiary alicyclic amines) is 1. The van der Waals surface area contributed by atoms with E-state index in [-0.39, 0.29) is 31.1 Å². The second kappa shape index (κ2) is 7.41. The summed E-state index contributed by atoms with van der Waals surface area (Å²) in [6.07, 6.45) is -1.41. The smallest absolute Gasteiger partial charge is 0.414 e. The Kier molecular flexibility index (Phi) is 4.93. The number of ether oxygens (including phenoxy) is 2. The second-order valence-corrected chi connectivity index (χ2v) is 7.54. The van der Waals surface area contributed by atoms with Gasteiger partial charge in [-0.05, 0) is 18.2 Å². The molecule has 1 aromatic rings. The van der Waals surface area contributed by atoms with Gasteiger partial charge in [-0.3, -0.25) is 9.69 Å². The second-order valence-electron chi connectivity index (χ2n) is 7.54. The van der Waals surface area contributed by atoms with E-state index in [0.717, 1.165) is 0 Å². The molecular weight excluding hydrogens is 383 g/mol. The first-order valence-corrected chi connectivity index (χ1v) is 9.49. The summed E-state index contributed by atoms with van der Waals surface area (Å²) in [5.74, 6) is -0.340. The number of nitrogens with zero attached hydrogens (tertiary/aromatic N) is 3. The summed E-state index contributed by atoms with van der Waals surface area (Å²) in [7, 11) is 1.35. The molecule has 4 rings (SSSR count). The van der Waals surface area contributed by atoms with E-state index in [1.807, 2.05) is 4.90 Å². The Balaban J connectivity index is 1.42. The lowest BCUT2D eigenvalue weighted by Gasteiger charge is -2.45. The molecule has 156 valence electrons. The highest BCUT2D eigenvalue weighted by atomic mass is 19.1. The first kappa shape index (κ1) is 19.3. The van der Waals surface area contributed by atoms with E-state index in [1.54, 1.807) is 17.0 Å². The lowest BCUT2D eigenvalue weighted by atomic mass is 9.91. The number of hydrogen-bond donors (Lipinski definition) is 1. The third kappa shape index (κ3) is 3.54. The molecule has 1 N–H and O–H groups in total. The van der Waals surface area contributed by atoms with E-state index in [9.17, 15) is 18.8 Å². The molecule has 1 aromatic carbocycles. The summed E-state index contributed by atoms with van der Waals surface area (Å²) < 4.78 is 24.8. The number of hydrogen-bond acceptors (Lipinski definition) is 6. The number of carbonyl (C=O) groups is 3. The third-order valence-corrected chi connectivity index (χ3v) is 5.68. The monoisotopic (exact) mass is 406 g/mol. The van der Waals surface area contributed by atoms with E-state index in [2.05, 4.69) is 5.32 Å². The predicted octanol–water partition coefficient (Wildman–Crippen LogP) is 1.17. The van der Waals surface area contributed by atoms with Crippen LogP contribution in [-0.2, 0) is 14.3 Å². The molecule has 0 aliphatic carbocycles. The van der Waals surface area contributed by atoms with Crippen LogP contribution in [0.3, 0.4) is 0 Å². The van der Waals surface area contributed by atoms with Crippen LogP contribution in [-0.4, -0.2) is 75.0 Å². The zero-order valence-electron chi connectivity index (χ0n) is 16.3. The number of halogens is 1. The molecule has 0 aromatic heterocycles. The van der Waals surface area contributed by atoms with Crippen molar-refractivity contribution < 1.29 is 28.2 Å². The van der Waals surface area contributed by atoms with E-state index >= 15 is 0 Å². The van der Waals surface area contributed by atoms with Gasteiger partial charge in [-0.15, -0.1) is 0 Å². The fourth-order valence-corrected chi connectivity index (χ4v) is 4.18. The first-order valence-electron chi connectivity index (χ1n) is 9.49. The largest absolute Gasteiger partial charge is 0.453 e. The number of benzene rings is 1. The van der Waals surface area contributed by atoms with Crippen LogP contribution in [0.15, 0.2) is 18.2 Å². The number of anilines is 2. The Labute approximate surface area is 167 Å². The van der Waals surface area contributed by atoms with E-state index in [0.29, 0.717) is 36.9 Å². The fourth-order valence-electron chi connectivity index (χ4n) is 4.18. The van der Waals surface area contributed by atoms with Crippen LogP contribution in [0.25, 0.3) is 0 Å². The normalized spacial score (nSPS) is 25.4. The van der Waals surface area contributed by atoms with Gasteiger partial charge < -0.3 is 24.6 Å². The number of nitrogens with one attached hydrogen (secondary N) is 1. The zero-order chi connectivity index (χ0) is 20.7. The molecule has 1 unspecified atom stereocenters. The highest BCUT2D eigenvalue weighted by Crippen LogP contribution is 2.39. The van der Waals surface area contributed by atoms with Crippen LogP contribution in [0.2, 0.25) is 0 Å². The van der Waals surface area contributed by atoms with Crippen molar-refractivity contribution >= 4 is 29.5 Å². The quantitative estimate of drug-likeness (QED) is 0.807. The molecule has 0 radical (unpaired) electrons. The van der Waals surface area contributed by atoms with Gasteiger partial charge in [-0.1, -0.05) is 0 Å². The molecule has 3 aliphatic heterocycles. The minimum absolute atomic E-state index is 0.0632. The van der Waals surface area contributed by atoms with Crippen molar-refractivity contribution in [1.82, 2.24) is 10.2 Å². The molecule has 3 amide bonds. The summed E-state index contributed by atoms with van der Waals surface area (Å²) in [6.45, 7) is 3.62. The molecule has 10 heteroatoms. The minimum atomic E-state index is -0.568. The number of carbonyl (C=O) groups excluding carboxylic acids is 3. The van der Waals surface area contributed by atoms with Gasteiger partial charge >= 0.3 is 12.2 Å². The van der Waals surface area contributed by atoms with Crippen molar-refractivity contribution in [2.24, 2.45) is 5.92 Å². The Morgan fingerprint density at radius 1 is 1.28 bits per heavy atom. The van der Waals surface area contributed by atoms with Gasteiger partial charge in [0.2, 0.25) is 5.91 Å². The fraction of sp³-hybridized carbons (Fsp3) is 0.526. The lowest BCUT2D eigenvalue weighted by Crippen LogP contribution is -2.56. The molecule has 3 fully saturated rings. The van der Waals surface area contributed by atoms with Gasteiger partial charge in [0, 0.05) is 32.5 Å². The van der Waals surface area contributed by atoms with Crippen LogP contribution >= 0.6 is 0 Å². The summed E-state index contributed by atoms with van der Waals surface area (Å²) in [5, 5.41) is 2.61. The molecular formula is C19H23FN4O5. The Bertz CT molecular complexity index is 850. The van der Waals surface area contributed by atoms with Crippen LogP contribution in [0.5, 0.6) is 0 Å². The summed E-state index contributed by atoms with van der Waals surface area (Å²) in [5.41, 5.74) is 0.852. The first-order chi connectivity index (χ1) is 13.9.